The Bertz CT molecular complexity index is 1100. The van der Waals surface area contributed by atoms with E-state index in [4.69, 9.17) is 0 Å². The number of unbranched alkanes of at least 4 members (excludes halogenated alkanes) is 4. The van der Waals surface area contributed by atoms with Gasteiger partial charge in [-0.05, 0) is 47.5 Å². The van der Waals surface area contributed by atoms with Crippen LogP contribution in [0.1, 0.15) is 55.8 Å². The Kier molecular flexibility index (Phi) is 8.18. The van der Waals surface area contributed by atoms with Crippen molar-refractivity contribution in [2.75, 3.05) is 36.4 Å². The van der Waals surface area contributed by atoms with Crippen LogP contribution in [-0.2, 0) is 4.79 Å². The van der Waals surface area contributed by atoms with E-state index in [0.29, 0.717) is 17.9 Å². The van der Waals surface area contributed by atoms with Crippen molar-refractivity contribution < 1.29 is 9.59 Å². The van der Waals surface area contributed by atoms with Crippen LogP contribution in [0.15, 0.2) is 66.7 Å². The maximum atomic E-state index is 12.9. The zero-order chi connectivity index (χ0) is 23.8. The van der Waals surface area contributed by atoms with Gasteiger partial charge in [0, 0.05) is 49.5 Å². The van der Waals surface area contributed by atoms with Crippen molar-refractivity contribution in [2.24, 2.45) is 0 Å². The molecule has 0 saturated carbocycles. The number of nitrogens with one attached hydrogen (secondary N) is 1. The van der Waals surface area contributed by atoms with E-state index in [1.54, 1.807) is 0 Å². The minimum atomic E-state index is -0.105. The van der Waals surface area contributed by atoms with E-state index in [1.807, 2.05) is 71.6 Å². The molecule has 3 aromatic rings. The Morgan fingerprint density at radius 2 is 1.50 bits per heavy atom. The van der Waals surface area contributed by atoms with Crippen LogP contribution in [0.3, 0.4) is 0 Å². The lowest BCUT2D eigenvalue weighted by Gasteiger charge is -2.36. The van der Waals surface area contributed by atoms with Crippen molar-refractivity contribution in [3.05, 3.63) is 72.3 Å². The molecule has 1 fully saturated rings. The van der Waals surface area contributed by atoms with E-state index in [0.717, 1.165) is 61.2 Å². The Labute approximate surface area is 202 Å². The average molecular weight is 458 g/mol. The Hall–Kier alpha value is -3.34. The van der Waals surface area contributed by atoms with Crippen LogP contribution < -0.4 is 10.2 Å². The molecule has 0 aromatic heterocycles. The van der Waals surface area contributed by atoms with Crippen LogP contribution in [0, 0.1) is 0 Å². The lowest BCUT2D eigenvalue weighted by molar-refractivity contribution is -0.131. The van der Waals surface area contributed by atoms with Crippen LogP contribution in [0.5, 0.6) is 0 Å². The van der Waals surface area contributed by atoms with Crippen LogP contribution in [0.4, 0.5) is 11.4 Å². The molecule has 1 heterocycles. The highest BCUT2D eigenvalue weighted by Crippen LogP contribution is 2.23. The molecule has 5 heteroatoms. The second kappa shape index (κ2) is 11.7. The molecule has 4 rings (SSSR count). The minimum absolute atomic E-state index is 0.105. The summed E-state index contributed by atoms with van der Waals surface area (Å²) in [6.07, 6.45) is 6.56. The lowest BCUT2D eigenvalue weighted by atomic mass is 10.0. The number of nitrogens with zero attached hydrogens (tertiary/aromatic N) is 2. The molecule has 1 saturated heterocycles. The smallest absolute Gasteiger partial charge is 0.256 e. The van der Waals surface area contributed by atoms with Gasteiger partial charge in [0.15, 0.2) is 0 Å². The van der Waals surface area contributed by atoms with Gasteiger partial charge in [-0.3, -0.25) is 9.59 Å². The maximum Gasteiger partial charge on any atom is 0.256 e. The van der Waals surface area contributed by atoms with Crippen molar-refractivity contribution in [1.82, 2.24) is 4.90 Å². The first kappa shape index (κ1) is 23.8. The normalized spacial score (nSPS) is 13.8. The van der Waals surface area contributed by atoms with Crippen molar-refractivity contribution in [2.45, 2.75) is 45.4 Å². The fourth-order valence-electron chi connectivity index (χ4n) is 4.63. The summed E-state index contributed by atoms with van der Waals surface area (Å²) in [4.78, 5) is 29.7. The molecule has 0 spiro atoms. The van der Waals surface area contributed by atoms with E-state index in [2.05, 4.69) is 17.1 Å². The highest BCUT2D eigenvalue weighted by Gasteiger charge is 2.21. The zero-order valence-corrected chi connectivity index (χ0v) is 20.1. The van der Waals surface area contributed by atoms with Crippen LogP contribution in [0.25, 0.3) is 10.8 Å². The SMILES string of the molecule is CCCCCCCC(=O)N1CCN(c2ccc(NC(=O)c3cccc4ccccc34)cc2)CC1. The fourth-order valence-corrected chi connectivity index (χ4v) is 4.63. The molecule has 2 amide bonds. The number of anilines is 2. The second-order valence-electron chi connectivity index (χ2n) is 9.06. The summed E-state index contributed by atoms with van der Waals surface area (Å²) in [6, 6.07) is 21.7. The predicted octanol–water partition coefficient (Wildman–Crippen LogP) is 6.10. The van der Waals surface area contributed by atoms with E-state index in [1.165, 1.54) is 19.3 Å². The highest BCUT2D eigenvalue weighted by atomic mass is 16.2. The lowest BCUT2D eigenvalue weighted by Crippen LogP contribution is -2.48. The summed E-state index contributed by atoms with van der Waals surface area (Å²) >= 11 is 0. The molecule has 3 aromatic carbocycles. The maximum absolute atomic E-state index is 12.9. The van der Waals surface area contributed by atoms with Crippen LogP contribution in [-0.4, -0.2) is 42.9 Å². The van der Waals surface area contributed by atoms with Gasteiger partial charge in [-0.1, -0.05) is 69.0 Å². The molecular weight excluding hydrogens is 422 g/mol. The Morgan fingerprint density at radius 1 is 0.794 bits per heavy atom. The highest BCUT2D eigenvalue weighted by molar-refractivity contribution is 6.12. The number of hydrogen-bond acceptors (Lipinski definition) is 3. The Morgan fingerprint density at radius 3 is 2.26 bits per heavy atom. The third-order valence-corrected chi connectivity index (χ3v) is 6.65. The number of carbonyl (C=O) groups is 2. The molecule has 5 nitrogen and oxygen atoms in total. The van der Waals surface area contributed by atoms with Crippen LogP contribution in [0.2, 0.25) is 0 Å². The number of amides is 2. The monoisotopic (exact) mass is 457 g/mol. The van der Waals surface area contributed by atoms with E-state index < -0.39 is 0 Å². The van der Waals surface area contributed by atoms with E-state index in [-0.39, 0.29) is 5.91 Å². The predicted molar refractivity (Wildman–Crippen MR) is 141 cm³/mol. The van der Waals surface area contributed by atoms with Gasteiger partial charge in [-0.15, -0.1) is 0 Å². The summed E-state index contributed by atoms with van der Waals surface area (Å²) in [7, 11) is 0. The standard InChI is InChI=1S/C29H35N3O2/c1-2-3-4-5-6-14-28(33)32-21-19-31(20-22-32)25-17-15-24(16-18-25)30-29(34)27-13-9-11-23-10-7-8-12-26(23)27/h7-13,15-18H,2-6,14,19-22H2,1H3,(H,30,34). The molecule has 1 aliphatic rings. The van der Waals surface area contributed by atoms with Gasteiger partial charge in [0.1, 0.15) is 0 Å². The van der Waals surface area contributed by atoms with Gasteiger partial charge >= 0.3 is 0 Å². The first-order chi connectivity index (χ1) is 16.7. The van der Waals surface area contributed by atoms with Gasteiger partial charge in [-0.2, -0.15) is 0 Å². The number of benzene rings is 3. The number of hydrogen-bond donors (Lipinski definition) is 1. The third-order valence-electron chi connectivity index (χ3n) is 6.65. The fraction of sp³-hybridized carbons (Fsp3) is 0.379. The summed E-state index contributed by atoms with van der Waals surface area (Å²) in [5.74, 6) is 0.189. The summed E-state index contributed by atoms with van der Waals surface area (Å²) in [5, 5.41) is 5.03. The molecule has 0 bridgehead atoms. The molecule has 178 valence electrons. The number of carbonyl (C=O) groups excluding carboxylic acids is 2. The Balaban J connectivity index is 1.28. The number of piperazine rings is 1. The molecule has 1 N–H and O–H groups in total. The minimum Gasteiger partial charge on any atom is -0.368 e. The molecule has 0 radical (unpaired) electrons. The quantitative estimate of drug-likeness (QED) is 0.395. The molecule has 1 aliphatic heterocycles. The van der Waals surface area contributed by atoms with Crippen molar-refractivity contribution in [1.29, 1.82) is 0 Å². The molecule has 0 atom stereocenters. The largest absolute Gasteiger partial charge is 0.368 e. The van der Waals surface area contributed by atoms with Crippen molar-refractivity contribution in [3.8, 4) is 0 Å². The topological polar surface area (TPSA) is 52.7 Å². The van der Waals surface area contributed by atoms with Gasteiger partial charge in [0.25, 0.3) is 5.91 Å². The zero-order valence-electron chi connectivity index (χ0n) is 20.1. The summed E-state index contributed by atoms with van der Waals surface area (Å²) in [5.41, 5.74) is 2.57. The summed E-state index contributed by atoms with van der Waals surface area (Å²) in [6.45, 7) is 5.42. The average Bonchev–Trinajstić information content (AvgIpc) is 2.88. The van der Waals surface area contributed by atoms with Gasteiger partial charge < -0.3 is 15.1 Å². The van der Waals surface area contributed by atoms with E-state index >= 15 is 0 Å². The molecule has 0 aliphatic carbocycles. The van der Waals surface area contributed by atoms with Gasteiger partial charge in [-0.25, -0.2) is 0 Å². The first-order valence-electron chi connectivity index (χ1n) is 12.6. The molecule has 0 unspecified atom stereocenters. The molecular formula is C29H35N3O2. The number of rotatable bonds is 9. The van der Waals surface area contributed by atoms with Crippen LogP contribution >= 0.6 is 0 Å². The summed E-state index contributed by atoms with van der Waals surface area (Å²) < 4.78 is 0. The third kappa shape index (κ3) is 5.96. The second-order valence-corrected chi connectivity index (χ2v) is 9.06. The first-order valence-corrected chi connectivity index (χ1v) is 12.6. The number of fused-ring (bicyclic) bond motifs is 1. The van der Waals surface area contributed by atoms with Gasteiger partial charge in [0.2, 0.25) is 5.91 Å². The van der Waals surface area contributed by atoms with Crippen molar-refractivity contribution in [3.63, 3.8) is 0 Å². The van der Waals surface area contributed by atoms with E-state index in [9.17, 15) is 9.59 Å². The van der Waals surface area contributed by atoms with Crippen molar-refractivity contribution >= 4 is 34.0 Å². The molecule has 34 heavy (non-hydrogen) atoms. The van der Waals surface area contributed by atoms with Gasteiger partial charge in [0.05, 0.1) is 0 Å².